The van der Waals surface area contributed by atoms with Crippen molar-refractivity contribution in [3.63, 3.8) is 0 Å². The summed E-state index contributed by atoms with van der Waals surface area (Å²) in [5.41, 5.74) is 10.7. The van der Waals surface area contributed by atoms with E-state index in [1.54, 1.807) is 0 Å². The van der Waals surface area contributed by atoms with E-state index in [-0.39, 0.29) is 12.2 Å². The van der Waals surface area contributed by atoms with Crippen molar-refractivity contribution in [2.75, 3.05) is 39.5 Å². The number of fused-ring (bicyclic) bond motifs is 4. The molecule has 0 radical (unpaired) electrons. The summed E-state index contributed by atoms with van der Waals surface area (Å²) in [5, 5.41) is 2.31. The molecule has 4 fully saturated rings. The second-order valence-electron chi connectivity index (χ2n) is 8.12. The van der Waals surface area contributed by atoms with Gasteiger partial charge in [-0.2, -0.15) is 0 Å². The van der Waals surface area contributed by atoms with Crippen LogP contribution in [-0.4, -0.2) is 74.9 Å². The highest BCUT2D eigenvalue weighted by molar-refractivity contribution is 5.00. The van der Waals surface area contributed by atoms with Gasteiger partial charge in [0.25, 0.3) is 0 Å². The van der Waals surface area contributed by atoms with Crippen LogP contribution in [0.5, 0.6) is 0 Å². The lowest BCUT2D eigenvalue weighted by molar-refractivity contribution is -0.109. The van der Waals surface area contributed by atoms with E-state index >= 15 is 0 Å². The maximum atomic E-state index is 6.39. The molecule has 1 saturated carbocycles. The monoisotopic (exact) mass is 354 g/mol. The minimum absolute atomic E-state index is 0.103. The molecule has 0 aromatic carbocycles. The van der Waals surface area contributed by atoms with Crippen LogP contribution in [0.4, 0.5) is 0 Å². The molecule has 4 bridgehead atoms. The third-order valence-electron chi connectivity index (χ3n) is 6.47. The van der Waals surface area contributed by atoms with E-state index in [2.05, 4.69) is 35.1 Å². The standard InChI is InChI=1S/C18H34N4O3/c1-12-13(2)25-15-3-4-17-16(9-15)18(21-20-17)14-10-19-22(11-14)5-6-23-7-8-24-12/h12-21H,3-11H2,1-2H3/t12-,13+,14?,15?,16?,17?,18?/m1/s1. The molecule has 4 rings (SSSR count). The summed E-state index contributed by atoms with van der Waals surface area (Å²) >= 11 is 0. The summed E-state index contributed by atoms with van der Waals surface area (Å²) < 4.78 is 18.0. The Morgan fingerprint density at radius 3 is 2.84 bits per heavy atom. The molecule has 0 aromatic rings. The van der Waals surface area contributed by atoms with Gasteiger partial charge >= 0.3 is 0 Å². The van der Waals surface area contributed by atoms with Gasteiger partial charge in [0.2, 0.25) is 0 Å². The molecule has 3 aliphatic heterocycles. The number of nitrogens with one attached hydrogen (secondary N) is 3. The molecule has 0 amide bonds. The van der Waals surface area contributed by atoms with Crippen LogP contribution in [0, 0.1) is 11.8 Å². The summed E-state index contributed by atoms with van der Waals surface area (Å²) in [7, 11) is 0. The zero-order valence-electron chi connectivity index (χ0n) is 15.6. The van der Waals surface area contributed by atoms with Crippen molar-refractivity contribution in [1.29, 1.82) is 0 Å². The molecule has 144 valence electrons. The van der Waals surface area contributed by atoms with Gasteiger partial charge in [-0.1, -0.05) is 0 Å². The molecule has 0 aromatic heterocycles. The van der Waals surface area contributed by atoms with E-state index in [0.29, 0.717) is 43.2 Å². The Labute approximate surface area is 151 Å². The van der Waals surface area contributed by atoms with Crippen molar-refractivity contribution >= 4 is 0 Å². The SMILES string of the molecule is C[C@@H]1OC2CCC3NNC(C4CNN(CCOCCO[C@@H]1C)C4)C3C2. The minimum Gasteiger partial charge on any atom is -0.378 e. The maximum Gasteiger partial charge on any atom is 0.0809 e. The highest BCUT2D eigenvalue weighted by Gasteiger charge is 2.45. The zero-order chi connectivity index (χ0) is 17.2. The molecule has 3 saturated heterocycles. The first-order chi connectivity index (χ1) is 12.2. The molecular weight excluding hydrogens is 320 g/mol. The van der Waals surface area contributed by atoms with E-state index < -0.39 is 0 Å². The van der Waals surface area contributed by atoms with Crippen LogP contribution in [0.25, 0.3) is 0 Å². The van der Waals surface area contributed by atoms with Crippen molar-refractivity contribution in [2.45, 2.75) is 63.5 Å². The van der Waals surface area contributed by atoms with Gasteiger partial charge in [0.1, 0.15) is 0 Å². The maximum absolute atomic E-state index is 6.39. The average Bonchev–Trinajstić information content (AvgIpc) is 3.23. The second-order valence-corrected chi connectivity index (χ2v) is 8.12. The lowest BCUT2D eigenvalue weighted by atomic mass is 9.76. The smallest absolute Gasteiger partial charge is 0.0809 e. The summed E-state index contributed by atoms with van der Waals surface area (Å²) in [6.07, 6.45) is 4.05. The van der Waals surface area contributed by atoms with Crippen molar-refractivity contribution in [3.8, 4) is 0 Å². The Bertz CT molecular complexity index is 441. The fourth-order valence-corrected chi connectivity index (χ4v) is 4.83. The average molecular weight is 354 g/mol. The second kappa shape index (κ2) is 8.17. The number of ether oxygens (including phenoxy) is 3. The van der Waals surface area contributed by atoms with E-state index in [1.165, 1.54) is 6.42 Å². The predicted octanol–water partition coefficient (Wildman–Crippen LogP) is 0.277. The first-order valence-corrected chi connectivity index (χ1v) is 10.0. The van der Waals surface area contributed by atoms with Crippen LogP contribution < -0.4 is 16.3 Å². The normalized spacial score (nSPS) is 49.2. The van der Waals surface area contributed by atoms with Crippen molar-refractivity contribution in [1.82, 2.24) is 21.3 Å². The lowest BCUT2D eigenvalue weighted by Crippen LogP contribution is -2.43. The van der Waals surface area contributed by atoms with Crippen LogP contribution in [0.15, 0.2) is 0 Å². The first kappa shape index (κ1) is 18.1. The van der Waals surface area contributed by atoms with E-state index in [9.17, 15) is 0 Å². The van der Waals surface area contributed by atoms with Gasteiger partial charge in [-0.05, 0) is 39.0 Å². The van der Waals surface area contributed by atoms with Crippen LogP contribution in [0.1, 0.15) is 33.1 Å². The van der Waals surface area contributed by atoms with E-state index in [0.717, 1.165) is 39.1 Å². The van der Waals surface area contributed by atoms with Crippen molar-refractivity contribution in [2.24, 2.45) is 11.8 Å². The van der Waals surface area contributed by atoms with Crippen molar-refractivity contribution < 1.29 is 14.2 Å². The fourth-order valence-electron chi connectivity index (χ4n) is 4.83. The minimum atomic E-state index is 0.103. The number of rotatable bonds is 0. The van der Waals surface area contributed by atoms with Gasteiger partial charge in [-0.3, -0.25) is 16.3 Å². The molecule has 7 heteroatoms. The van der Waals surface area contributed by atoms with Gasteiger partial charge < -0.3 is 14.2 Å². The highest BCUT2D eigenvalue weighted by Crippen LogP contribution is 2.36. The molecule has 25 heavy (non-hydrogen) atoms. The largest absolute Gasteiger partial charge is 0.378 e. The lowest BCUT2D eigenvalue weighted by Gasteiger charge is -2.36. The molecule has 6 unspecified atom stereocenters. The van der Waals surface area contributed by atoms with Gasteiger partial charge in [-0.15, -0.1) is 0 Å². The predicted molar refractivity (Wildman–Crippen MR) is 94.8 cm³/mol. The van der Waals surface area contributed by atoms with Crippen LogP contribution in [0.3, 0.4) is 0 Å². The van der Waals surface area contributed by atoms with Gasteiger partial charge in [-0.25, -0.2) is 5.01 Å². The number of hydrogen-bond donors (Lipinski definition) is 3. The molecule has 0 spiro atoms. The van der Waals surface area contributed by atoms with Crippen LogP contribution in [0.2, 0.25) is 0 Å². The highest BCUT2D eigenvalue weighted by atomic mass is 16.6. The molecule has 7 nitrogen and oxygen atoms in total. The Kier molecular flexibility index (Phi) is 5.91. The third kappa shape index (κ3) is 4.18. The van der Waals surface area contributed by atoms with Gasteiger partial charge in [0.15, 0.2) is 0 Å². The fraction of sp³-hybridized carbons (Fsp3) is 1.00. The summed E-state index contributed by atoms with van der Waals surface area (Å²) in [5.74, 6) is 1.28. The number of hydrogen-bond acceptors (Lipinski definition) is 7. The zero-order valence-corrected chi connectivity index (χ0v) is 15.6. The molecule has 8 atom stereocenters. The third-order valence-corrected chi connectivity index (χ3v) is 6.47. The molecule has 1 aliphatic carbocycles. The van der Waals surface area contributed by atoms with Crippen molar-refractivity contribution in [3.05, 3.63) is 0 Å². The summed E-state index contributed by atoms with van der Waals surface area (Å²) in [6.45, 7) is 9.34. The Balaban J connectivity index is 1.44. The molecule has 4 aliphatic rings. The molecule has 3 N–H and O–H groups in total. The molecule has 3 heterocycles. The molecular formula is C18H34N4O3. The quantitative estimate of drug-likeness (QED) is 0.577. The number of nitrogens with zero attached hydrogens (tertiary/aromatic N) is 1. The summed E-state index contributed by atoms with van der Waals surface area (Å²) in [4.78, 5) is 0. The summed E-state index contributed by atoms with van der Waals surface area (Å²) in [6, 6.07) is 1.11. The Morgan fingerprint density at radius 1 is 1.00 bits per heavy atom. The topological polar surface area (TPSA) is 67.0 Å². The number of hydrazine groups is 2. The van der Waals surface area contributed by atoms with Crippen LogP contribution >= 0.6 is 0 Å². The van der Waals surface area contributed by atoms with E-state index in [1.807, 2.05) is 0 Å². The van der Waals surface area contributed by atoms with Crippen LogP contribution in [-0.2, 0) is 14.2 Å². The van der Waals surface area contributed by atoms with E-state index in [4.69, 9.17) is 14.2 Å². The van der Waals surface area contributed by atoms with Gasteiger partial charge in [0, 0.05) is 37.6 Å². The Morgan fingerprint density at radius 2 is 1.92 bits per heavy atom. The van der Waals surface area contributed by atoms with Gasteiger partial charge in [0.05, 0.1) is 38.1 Å². The first-order valence-electron chi connectivity index (χ1n) is 10.0. The Hall–Kier alpha value is -0.280.